The van der Waals surface area contributed by atoms with Crippen molar-refractivity contribution < 1.29 is 9.59 Å². The standard InChI is InChI=1S/C25H25N3O2/c1-18(29)26-16-19-13-14-23(27-17-19)24-12-7-15-28(24)25(30)22-11-6-5-10-21(22)20-8-3-2-4-9-20/h2-6,8-11,13-14,17,24H,7,12,15-16H2,1H3,(H,26,29). The van der Waals surface area contributed by atoms with Gasteiger partial charge >= 0.3 is 0 Å². The van der Waals surface area contributed by atoms with Crippen LogP contribution in [0.4, 0.5) is 0 Å². The Bertz CT molecular complexity index is 1030. The number of hydrogen-bond donors (Lipinski definition) is 1. The van der Waals surface area contributed by atoms with Crippen molar-refractivity contribution in [1.29, 1.82) is 0 Å². The summed E-state index contributed by atoms with van der Waals surface area (Å²) in [5.41, 5.74) is 4.55. The zero-order valence-corrected chi connectivity index (χ0v) is 17.0. The van der Waals surface area contributed by atoms with Gasteiger partial charge in [0.2, 0.25) is 5.91 Å². The van der Waals surface area contributed by atoms with E-state index in [1.165, 1.54) is 6.92 Å². The van der Waals surface area contributed by atoms with E-state index in [-0.39, 0.29) is 17.9 Å². The van der Waals surface area contributed by atoms with Gasteiger partial charge in [-0.25, -0.2) is 0 Å². The van der Waals surface area contributed by atoms with Crippen molar-refractivity contribution in [2.24, 2.45) is 0 Å². The molecule has 152 valence electrons. The summed E-state index contributed by atoms with van der Waals surface area (Å²) in [5, 5.41) is 2.78. The van der Waals surface area contributed by atoms with Crippen molar-refractivity contribution in [1.82, 2.24) is 15.2 Å². The third kappa shape index (κ3) is 4.25. The van der Waals surface area contributed by atoms with E-state index in [1.807, 2.05) is 71.6 Å². The fourth-order valence-electron chi connectivity index (χ4n) is 3.98. The fraction of sp³-hybridized carbons (Fsp3) is 0.240. The first-order valence-corrected chi connectivity index (χ1v) is 10.3. The van der Waals surface area contributed by atoms with Crippen LogP contribution in [0.25, 0.3) is 11.1 Å². The van der Waals surface area contributed by atoms with Crippen molar-refractivity contribution in [2.75, 3.05) is 6.54 Å². The van der Waals surface area contributed by atoms with Gasteiger partial charge in [0.15, 0.2) is 0 Å². The molecule has 1 saturated heterocycles. The first-order valence-electron chi connectivity index (χ1n) is 10.3. The first-order chi connectivity index (χ1) is 14.6. The molecule has 1 fully saturated rings. The van der Waals surface area contributed by atoms with Crippen LogP contribution >= 0.6 is 0 Å². The van der Waals surface area contributed by atoms with Gasteiger partial charge in [-0.3, -0.25) is 14.6 Å². The number of likely N-dealkylation sites (tertiary alicyclic amines) is 1. The van der Waals surface area contributed by atoms with E-state index >= 15 is 0 Å². The van der Waals surface area contributed by atoms with Crippen molar-refractivity contribution in [3.63, 3.8) is 0 Å². The average Bonchev–Trinajstić information content (AvgIpc) is 3.28. The van der Waals surface area contributed by atoms with Crippen molar-refractivity contribution in [2.45, 2.75) is 32.4 Å². The first kappa shape index (κ1) is 19.8. The van der Waals surface area contributed by atoms with Crippen LogP contribution < -0.4 is 5.32 Å². The van der Waals surface area contributed by atoms with Crippen molar-refractivity contribution >= 4 is 11.8 Å². The van der Waals surface area contributed by atoms with E-state index in [9.17, 15) is 9.59 Å². The highest BCUT2D eigenvalue weighted by Crippen LogP contribution is 2.34. The molecule has 30 heavy (non-hydrogen) atoms. The van der Waals surface area contributed by atoms with Gasteiger partial charge in [-0.2, -0.15) is 0 Å². The van der Waals surface area contributed by atoms with E-state index in [1.54, 1.807) is 6.20 Å². The number of amides is 2. The number of carbonyl (C=O) groups excluding carboxylic acids is 2. The van der Waals surface area contributed by atoms with Crippen LogP contribution in [0.1, 0.15) is 47.4 Å². The quantitative estimate of drug-likeness (QED) is 0.693. The molecular weight excluding hydrogens is 374 g/mol. The Kier molecular flexibility index (Phi) is 5.89. The monoisotopic (exact) mass is 399 g/mol. The Labute approximate surface area is 176 Å². The second-order valence-electron chi connectivity index (χ2n) is 7.57. The van der Waals surface area contributed by atoms with Crippen LogP contribution in [0.15, 0.2) is 72.9 Å². The Morgan fingerprint density at radius 1 is 1.03 bits per heavy atom. The van der Waals surface area contributed by atoms with Crippen LogP contribution in [0.3, 0.4) is 0 Å². The number of pyridine rings is 1. The van der Waals surface area contributed by atoms with E-state index < -0.39 is 0 Å². The largest absolute Gasteiger partial charge is 0.352 e. The molecule has 2 aromatic carbocycles. The summed E-state index contributed by atoms with van der Waals surface area (Å²) in [4.78, 5) is 31.2. The molecule has 1 aromatic heterocycles. The highest BCUT2D eigenvalue weighted by atomic mass is 16.2. The van der Waals surface area contributed by atoms with Crippen LogP contribution in [0.2, 0.25) is 0 Å². The normalized spacial score (nSPS) is 15.8. The van der Waals surface area contributed by atoms with E-state index in [2.05, 4.69) is 10.3 Å². The molecule has 1 N–H and O–H groups in total. The number of aromatic nitrogens is 1. The van der Waals surface area contributed by atoms with Gasteiger partial charge in [0.25, 0.3) is 5.91 Å². The highest BCUT2D eigenvalue weighted by molar-refractivity contribution is 6.01. The van der Waals surface area contributed by atoms with Crippen LogP contribution in [-0.4, -0.2) is 28.2 Å². The molecule has 3 aromatic rings. The molecule has 1 atom stereocenters. The molecule has 4 rings (SSSR count). The number of nitrogens with one attached hydrogen (secondary N) is 1. The SMILES string of the molecule is CC(=O)NCc1ccc(C2CCCN2C(=O)c2ccccc2-c2ccccc2)nc1. The molecular formula is C25H25N3O2. The molecule has 2 amide bonds. The smallest absolute Gasteiger partial charge is 0.255 e. The van der Waals surface area contributed by atoms with Crippen LogP contribution in [0.5, 0.6) is 0 Å². The lowest BCUT2D eigenvalue weighted by molar-refractivity contribution is -0.119. The predicted octanol–water partition coefficient (Wildman–Crippen LogP) is 4.36. The number of nitrogens with zero attached hydrogens (tertiary/aromatic N) is 2. The Morgan fingerprint density at radius 2 is 1.80 bits per heavy atom. The van der Waals surface area contributed by atoms with Crippen molar-refractivity contribution in [3.8, 4) is 11.1 Å². The number of hydrogen-bond acceptors (Lipinski definition) is 3. The molecule has 2 heterocycles. The third-order valence-corrected chi connectivity index (χ3v) is 5.49. The topological polar surface area (TPSA) is 62.3 Å². The number of carbonyl (C=O) groups is 2. The van der Waals surface area contributed by atoms with Gasteiger partial charge in [-0.15, -0.1) is 0 Å². The minimum atomic E-state index is -0.0660. The lowest BCUT2D eigenvalue weighted by Gasteiger charge is -2.25. The molecule has 5 nitrogen and oxygen atoms in total. The van der Waals surface area contributed by atoms with Gasteiger partial charge in [0.1, 0.15) is 0 Å². The van der Waals surface area contributed by atoms with Gasteiger partial charge in [0, 0.05) is 31.8 Å². The Balaban J connectivity index is 1.57. The number of rotatable bonds is 5. The zero-order chi connectivity index (χ0) is 20.9. The van der Waals surface area contributed by atoms with Crippen molar-refractivity contribution in [3.05, 3.63) is 89.7 Å². The number of benzene rings is 2. The highest BCUT2D eigenvalue weighted by Gasteiger charge is 2.32. The van der Waals surface area contributed by atoms with Gasteiger partial charge in [-0.05, 0) is 41.7 Å². The van der Waals surface area contributed by atoms with E-state index in [0.29, 0.717) is 6.54 Å². The molecule has 0 radical (unpaired) electrons. The molecule has 1 aliphatic rings. The summed E-state index contributed by atoms with van der Waals surface area (Å²) in [6, 6.07) is 21.7. The lowest BCUT2D eigenvalue weighted by Crippen LogP contribution is -2.31. The van der Waals surface area contributed by atoms with E-state index in [0.717, 1.165) is 47.3 Å². The molecule has 1 unspecified atom stereocenters. The molecule has 0 saturated carbocycles. The summed E-state index contributed by atoms with van der Waals surface area (Å²) in [5.74, 6) is -0.0233. The average molecular weight is 399 g/mol. The maximum Gasteiger partial charge on any atom is 0.255 e. The second-order valence-corrected chi connectivity index (χ2v) is 7.57. The summed E-state index contributed by atoms with van der Waals surface area (Å²) >= 11 is 0. The predicted molar refractivity (Wildman–Crippen MR) is 117 cm³/mol. The summed E-state index contributed by atoms with van der Waals surface area (Å²) in [7, 11) is 0. The Hall–Kier alpha value is -3.47. The molecule has 1 aliphatic heterocycles. The van der Waals surface area contributed by atoms with E-state index in [4.69, 9.17) is 0 Å². The maximum absolute atomic E-state index is 13.5. The third-order valence-electron chi connectivity index (χ3n) is 5.49. The van der Waals surface area contributed by atoms with Gasteiger partial charge in [0.05, 0.1) is 11.7 Å². The molecule has 5 heteroatoms. The molecule has 0 bridgehead atoms. The summed E-state index contributed by atoms with van der Waals surface area (Å²) < 4.78 is 0. The molecule has 0 spiro atoms. The minimum Gasteiger partial charge on any atom is -0.352 e. The second kappa shape index (κ2) is 8.91. The summed E-state index contributed by atoms with van der Waals surface area (Å²) in [6.07, 6.45) is 3.64. The fourth-order valence-corrected chi connectivity index (χ4v) is 3.98. The molecule has 0 aliphatic carbocycles. The lowest BCUT2D eigenvalue weighted by atomic mass is 9.98. The Morgan fingerprint density at radius 3 is 2.53 bits per heavy atom. The minimum absolute atomic E-state index is 0.0313. The van der Waals surface area contributed by atoms with Crippen LogP contribution in [0, 0.1) is 0 Å². The maximum atomic E-state index is 13.5. The van der Waals surface area contributed by atoms with Gasteiger partial charge in [-0.1, -0.05) is 54.6 Å². The zero-order valence-electron chi connectivity index (χ0n) is 17.0. The summed E-state index contributed by atoms with van der Waals surface area (Å²) in [6.45, 7) is 2.68. The van der Waals surface area contributed by atoms with Gasteiger partial charge < -0.3 is 10.2 Å². The van der Waals surface area contributed by atoms with Crippen LogP contribution in [-0.2, 0) is 11.3 Å².